The van der Waals surface area contributed by atoms with Gasteiger partial charge in [-0.25, -0.2) is 0 Å². The summed E-state index contributed by atoms with van der Waals surface area (Å²) in [5, 5.41) is 3.55. The van der Waals surface area contributed by atoms with Crippen molar-refractivity contribution in [2.75, 3.05) is 0 Å². The Morgan fingerprint density at radius 1 is 0.957 bits per heavy atom. The zero-order chi connectivity index (χ0) is 16.8. The van der Waals surface area contributed by atoms with Gasteiger partial charge in [-0.05, 0) is 38.5 Å². The summed E-state index contributed by atoms with van der Waals surface area (Å²) < 4.78 is 5.20. The van der Waals surface area contributed by atoms with Crippen molar-refractivity contribution in [3.63, 3.8) is 0 Å². The average molecular weight is 312 g/mol. The fraction of sp³-hybridized carbons (Fsp3) is 0.368. The van der Waals surface area contributed by atoms with Gasteiger partial charge in [-0.15, -0.1) is 0 Å². The van der Waals surface area contributed by atoms with Crippen molar-refractivity contribution >= 4 is 5.97 Å². The first-order chi connectivity index (χ1) is 11.0. The molecule has 1 aromatic heterocycles. The van der Waals surface area contributed by atoms with Crippen molar-refractivity contribution in [1.82, 2.24) is 10.3 Å². The van der Waals surface area contributed by atoms with E-state index in [2.05, 4.69) is 36.3 Å². The highest BCUT2D eigenvalue weighted by Crippen LogP contribution is 2.20. The molecule has 3 atom stereocenters. The van der Waals surface area contributed by atoms with Gasteiger partial charge < -0.3 is 10.1 Å². The molecule has 2 aromatic rings. The van der Waals surface area contributed by atoms with E-state index >= 15 is 0 Å². The molecule has 0 spiro atoms. The maximum absolute atomic E-state index is 11.1. The van der Waals surface area contributed by atoms with Crippen LogP contribution in [-0.4, -0.2) is 11.0 Å². The van der Waals surface area contributed by atoms with Gasteiger partial charge in [0.2, 0.25) is 0 Å². The molecule has 4 nitrogen and oxygen atoms in total. The molecule has 1 aromatic carbocycles. The van der Waals surface area contributed by atoms with Crippen molar-refractivity contribution in [3.05, 3.63) is 65.5 Å². The molecule has 0 aliphatic carbocycles. The van der Waals surface area contributed by atoms with E-state index < -0.39 is 0 Å². The molecular weight excluding hydrogens is 288 g/mol. The Bertz CT molecular complexity index is 643. The van der Waals surface area contributed by atoms with Crippen LogP contribution >= 0.6 is 0 Å². The minimum Gasteiger partial charge on any atom is -0.456 e. The minimum atomic E-state index is -0.341. The molecule has 122 valence electrons. The molecule has 1 heterocycles. The molecule has 0 aliphatic heterocycles. The molecule has 1 N–H and O–H groups in total. The maximum atomic E-state index is 11.1. The molecule has 0 fully saturated rings. The van der Waals surface area contributed by atoms with Crippen molar-refractivity contribution < 1.29 is 9.53 Å². The summed E-state index contributed by atoms with van der Waals surface area (Å²) in [5.41, 5.74) is 2.94. The minimum absolute atomic E-state index is 0.0923. The summed E-state index contributed by atoms with van der Waals surface area (Å²) in [4.78, 5) is 15.7. The fourth-order valence-corrected chi connectivity index (χ4v) is 2.54. The first kappa shape index (κ1) is 17.2. The Kier molecular flexibility index (Phi) is 5.88. The van der Waals surface area contributed by atoms with Gasteiger partial charge in [0.1, 0.15) is 6.10 Å². The highest BCUT2D eigenvalue weighted by Gasteiger charge is 2.15. The van der Waals surface area contributed by atoms with Crippen LogP contribution in [0.25, 0.3) is 0 Å². The molecule has 4 heteroatoms. The lowest BCUT2D eigenvalue weighted by Gasteiger charge is -2.21. The lowest BCUT2D eigenvalue weighted by molar-refractivity contribution is -0.146. The monoisotopic (exact) mass is 312 g/mol. The Morgan fingerprint density at radius 2 is 1.61 bits per heavy atom. The van der Waals surface area contributed by atoms with E-state index in [1.165, 1.54) is 12.5 Å². The normalized spacial score (nSPS) is 14.8. The van der Waals surface area contributed by atoms with E-state index in [0.29, 0.717) is 0 Å². The largest absolute Gasteiger partial charge is 0.456 e. The van der Waals surface area contributed by atoms with Crippen LogP contribution in [0, 0.1) is 0 Å². The third-order valence-corrected chi connectivity index (χ3v) is 3.79. The number of carbonyl (C=O) groups is 1. The second-order valence-electron chi connectivity index (χ2n) is 5.76. The molecule has 23 heavy (non-hydrogen) atoms. The number of rotatable bonds is 6. The first-order valence-electron chi connectivity index (χ1n) is 7.92. The van der Waals surface area contributed by atoms with Gasteiger partial charge in [0.15, 0.2) is 0 Å². The van der Waals surface area contributed by atoms with Crippen LogP contribution in [0.1, 0.15) is 62.8 Å². The van der Waals surface area contributed by atoms with Crippen LogP contribution in [0.2, 0.25) is 0 Å². The summed E-state index contributed by atoms with van der Waals surface area (Å²) in [6.07, 6.45) is -0.341. The smallest absolute Gasteiger partial charge is 0.303 e. The Hall–Kier alpha value is -2.20. The molecule has 0 bridgehead atoms. The molecule has 0 amide bonds. The third kappa shape index (κ3) is 4.89. The van der Waals surface area contributed by atoms with Crippen molar-refractivity contribution in [2.45, 2.75) is 45.9 Å². The van der Waals surface area contributed by atoms with E-state index in [9.17, 15) is 4.79 Å². The van der Waals surface area contributed by atoms with Crippen LogP contribution in [0.15, 0.2) is 48.5 Å². The molecule has 2 rings (SSSR count). The number of ether oxygens (including phenoxy) is 1. The average Bonchev–Trinajstić information content (AvgIpc) is 2.55. The summed E-state index contributed by atoms with van der Waals surface area (Å²) >= 11 is 0. The number of nitrogens with zero attached hydrogens (tertiary/aromatic N) is 1. The van der Waals surface area contributed by atoms with Crippen molar-refractivity contribution in [1.29, 1.82) is 0 Å². The number of pyridine rings is 1. The van der Waals surface area contributed by atoms with E-state index in [4.69, 9.17) is 4.74 Å². The van der Waals surface area contributed by atoms with Crippen LogP contribution < -0.4 is 5.32 Å². The Morgan fingerprint density at radius 3 is 2.26 bits per heavy atom. The summed E-state index contributed by atoms with van der Waals surface area (Å²) in [6, 6.07) is 16.4. The van der Waals surface area contributed by atoms with E-state index in [1.54, 1.807) is 0 Å². The summed E-state index contributed by atoms with van der Waals surface area (Å²) in [5.74, 6) is -0.298. The number of nitrogens with one attached hydrogen (secondary N) is 1. The van der Waals surface area contributed by atoms with Gasteiger partial charge in [-0.1, -0.05) is 36.4 Å². The quantitative estimate of drug-likeness (QED) is 0.815. The van der Waals surface area contributed by atoms with Crippen molar-refractivity contribution in [3.8, 4) is 0 Å². The predicted octanol–water partition coefficient (Wildman–Crippen LogP) is 4.12. The second kappa shape index (κ2) is 7.88. The molecule has 0 aliphatic rings. The topological polar surface area (TPSA) is 51.2 Å². The zero-order valence-electron chi connectivity index (χ0n) is 14.1. The number of benzene rings is 1. The standard InChI is InChI=1S/C19H24N2O2/c1-13(17-9-6-5-7-10-17)20-14(2)18-11-8-12-19(21-18)15(3)23-16(4)22/h5-15,20H,1-4H3/t13-,14+,15+/m0/s1. The van der Waals surface area contributed by atoms with E-state index in [1.807, 2.05) is 43.3 Å². The zero-order valence-corrected chi connectivity index (χ0v) is 14.1. The molecule has 0 saturated heterocycles. The van der Waals surface area contributed by atoms with Crippen LogP contribution in [0.4, 0.5) is 0 Å². The lowest BCUT2D eigenvalue weighted by Crippen LogP contribution is -2.23. The second-order valence-corrected chi connectivity index (χ2v) is 5.76. The number of hydrogen-bond donors (Lipinski definition) is 1. The molecule has 0 saturated carbocycles. The van der Waals surface area contributed by atoms with Crippen molar-refractivity contribution in [2.24, 2.45) is 0 Å². The van der Waals surface area contributed by atoms with Gasteiger partial charge >= 0.3 is 5.97 Å². The molecule has 0 radical (unpaired) electrons. The van der Waals surface area contributed by atoms with Gasteiger partial charge in [0.05, 0.1) is 11.4 Å². The lowest BCUT2D eigenvalue weighted by atomic mass is 10.1. The van der Waals surface area contributed by atoms with E-state index in [0.717, 1.165) is 11.4 Å². The SMILES string of the molecule is CC(=O)O[C@H](C)c1cccc([C@@H](C)N[C@@H](C)c2ccccc2)n1. The summed E-state index contributed by atoms with van der Waals surface area (Å²) in [7, 11) is 0. The molecule has 0 unspecified atom stereocenters. The van der Waals surface area contributed by atoms with Gasteiger partial charge in [-0.2, -0.15) is 0 Å². The van der Waals surface area contributed by atoms with Gasteiger partial charge in [0.25, 0.3) is 0 Å². The highest BCUT2D eigenvalue weighted by atomic mass is 16.5. The third-order valence-electron chi connectivity index (χ3n) is 3.79. The maximum Gasteiger partial charge on any atom is 0.303 e. The molecular formula is C19H24N2O2. The summed E-state index contributed by atoms with van der Waals surface area (Å²) in [6.45, 7) is 7.46. The number of esters is 1. The number of carbonyl (C=O) groups excluding carboxylic acids is 1. The van der Waals surface area contributed by atoms with Gasteiger partial charge in [-0.3, -0.25) is 9.78 Å². The Balaban J connectivity index is 2.07. The van der Waals surface area contributed by atoms with Gasteiger partial charge in [0, 0.05) is 19.0 Å². The highest BCUT2D eigenvalue weighted by molar-refractivity contribution is 5.66. The van der Waals surface area contributed by atoms with Crippen LogP contribution in [0.3, 0.4) is 0 Å². The van der Waals surface area contributed by atoms with Crippen LogP contribution in [-0.2, 0) is 9.53 Å². The first-order valence-corrected chi connectivity index (χ1v) is 7.92. The Labute approximate surface area is 137 Å². The number of hydrogen-bond acceptors (Lipinski definition) is 4. The van der Waals surface area contributed by atoms with Crippen LogP contribution in [0.5, 0.6) is 0 Å². The fourth-order valence-electron chi connectivity index (χ4n) is 2.54. The predicted molar refractivity (Wildman–Crippen MR) is 90.8 cm³/mol. The number of aromatic nitrogens is 1. The van der Waals surface area contributed by atoms with E-state index in [-0.39, 0.29) is 24.2 Å².